The number of halogens is 1. The fourth-order valence-corrected chi connectivity index (χ4v) is 5.53. The SMILES string of the molecule is Cc1cc2c(-c3c(N)nn4cc(N5CCC(N6CCN(C)CC6)CC5)cnc34)ccnc2cc1F. The Labute approximate surface area is 204 Å². The van der Waals surface area contributed by atoms with Crippen LogP contribution >= 0.6 is 0 Å². The molecule has 0 bridgehead atoms. The number of hydrogen-bond donors (Lipinski definition) is 1. The number of rotatable bonds is 3. The molecule has 0 amide bonds. The Hall–Kier alpha value is -3.30. The minimum absolute atomic E-state index is 0.269. The lowest BCUT2D eigenvalue weighted by atomic mass is 10.0. The number of anilines is 2. The van der Waals surface area contributed by atoms with Crippen molar-refractivity contribution in [2.24, 2.45) is 0 Å². The fourth-order valence-electron chi connectivity index (χ4n) is 5.53. The van der Waals surface area contributed by atoms with Crippen molar-refractivity contribution in [2.75, 3.05) is 56.9 Å². The molecule has 8 nitrogen and oxygen atoms in total. The number of nitrogens with two attached hydrogens (primary N) is 1. The zero-order chi connectivity index (χ0) is 24.1. The summed E-state index contributed by atoms with van der Waals surface area (Å²) >= 11 is 0. The van der Waals surface area contributed by atoms with Crippen molar-refractivity contribution in [1.29, 1.82) is 0 Å². The van der Waals surface area contributed by atoms with Crippen LogP contribution in [0, 0.1) is 12.7 Å². The van der Waals surface area contributed by atoms with Crippen LogP contribution in [0.2, 0.25) is 0 Å². The third kappa shape index (κ3) is 3.98. The predicted octanol–water partition coefficient (Wildman–Crippen LogP) is 3.19. The van der Waals surface area contributed by atoms with Gasteiger partial charge >= 0.3 is 0 Å². The first-order chi connectivity index (χ1) is 17.0. The van der Waals surface area contributed by atoms with Crippen LogP contribution in [0.5, 0.6) is 0 Å². The molecule has 35 heavy (non-hydrogen) atoms. The summed E-state index contributed by atoms with van der Waals surface area (Å²) in [6.07, 6.45) is 7.94. The predicted molar refractivity (Wildman–Crippen MR) is 137 cm³/mol. The van der Waals surface area contributed by atoms with Crippen LogP contribution in [0.15, 0.2) is 36.8 Å². The zero-order valence-corrected chi connectivity index (χ0v) is 20.3. The third-order valence-corrected chi connectivity index (χ3v) is 7.66. The fraction of sp³-hybridized carbons (Fsp3) is 0.423. The molecule has 0 spiro atoms. The second kappa shape index (κ2) is 8.73. The largest absolute Gasteiger partial charge is 0.382 e. The smallest absolute Gasteiger partial charge is 0.165 e. The highest BCUT2D eigenvalue weighted by Crippen LogP contribution is 2.35. The van der Waals surface area contributed by atoms with Gasteiger partial charge in [-0.05, 0) is 44.5 Å². The van der Waals surface area contributed by atoms with Gasteiger partial charge in [-0.3, -0.25) is 9.88 Å². The number of benzene rings is 1. The van der Waals surface area contributed by atoms with Crippen LogP contribution in [0.3, 0.4) is 0 Å². The highest BCUT2D eigenvalue weighted by atomic mass is 19.1. The lowest BCUT2D eigenvalue weighted by Gasteiger charge is -2.42. The standard InChI is InChI=1S/C26H31FN8/c1-17-13-21-20(3-6-29-23(21)14-22(17)27)24-25(28)31-35-16-19(15-30-26(24)35)33-7-4-18(5-8-33)34-11-9-32(2)10-12-34/h3,6,13-16,18H,4-5,7-12H2,1-2H3,(H2,28,31). The maximum atomic E-state index is 14.1. The van der Waals surface area contributed by atoms with Gasteiger partial charge in [0.05, 0.1) is 29.2 Å². The van der Waals surface area contributed by atoms with Crippen LogP contribution in [0.1, 0.15) is 18.4 Å². The first-order valence-electron chi connectivity index (χ1n) is 12.3. The number of hydrogen-bond acceptors (Lipinski definition) is 7. The molecular formula is C26H31FN8. The third-order valence-electron chi connectivity index (χ3n) is 7.66. The Morgan fingerprint density at radius 1 is 1.03 bits per heavy atom. The molecule has 2 N–H and O–H groups in total. The summed E-state index contributed by atoms with van der Waals surface area (Å²) in [4.78, 5) is 16.6. The van der Waals surface area contributed by atoms with E-state index in [0.29, 0.717) is 28.6 Å². The van der Waals surface area contributed by atoms with Crippen molar-refractivity contribution in [2.45, 2.75) is 25.8 Å². The molecule has 1 aromatic carbocycles. The van der Waals surface area contributed by atoms with E-state index in [0.717, 1.165) is 61.2 Å². The van der Waals surface area contributed by atoms with E-state index in [1.807, 2.05) is 24.5 Å². The van der Waals surface area contributed by atoms with E-state index >= 15 is 0 Å². The lowest BCUT2D eigenvalue weighted by Crippen LogP contribution is -2.52. The van der Waals surface area contributed by atoms with E-state index in [-0.39, 0.29) is 5.82 Å². The molecule has 3 aromatic heterocycles. The van der Waals surface area contributed by atoms with Gasteiger partial charge in [0.15, 0.2) is 11.5 Å². The Balaban J connectivity index is 1.27. The van der Waals surface area contributed by atoms with Gasteiger partial charge in [0, 0.05) is 68.5 Å². The van der Waals surface area contributed by atoms with Crippen LogP contribution < -0.4 is 10.6 Å². The number of aryl methyl sites for hydroxylation is 1. The normalized spacial score (nSPS) is 18.7. The average molecular weight is 475 g/mol. The molecule has 0 saturated carbocycles. The second-order valence-corrected chi connectivity index (χ2v) is 9.88. The number of piperazine rings is 1. The van der Waals surface area contributed by atoms with Crippen LogP contribution in [0.4, 0.5) is 15.9 Å². The van der Waals surface area contributed by atoms with Crippen molar-refractivity contribution in [3.8, 4) is 11.1 Å². The maximum Gasteiger partial charge on any atom is 0.165 e. The van der Waals surface area contributed by atoms with Gasteiger partial charge in [-0.25, -0.2) is 13.9 Å². The molecule has 182 valence electrons. The minimum Gasteiger partial charge on any atom is -0.382 e. The molecular weight excluding hydrogens is 443 g/mol. The van der Waals surface area contributed by atoms with Gasteiger partial charge in [0.25, 0.3) is 0 Å². The van der Waals surface area contributed by atoms with E-state index in [4.69, 9.17) is 10.7 Å². The monoisotopic (exact) mass is 474 g/mol. The molecule has 2 aliphatic heterocycles. The highest BCUT2D eigenvalue weighted by Gasteiger charge is 2.27. The number of nitrogens with zero attached hydrogens (tertiary/aromatic N) is 7. The van der Waals surface area contributed by atoms with Gasteiger partial charge < -0.3 is 15.5 Å². The number of likely N-dealkylation sites (N-methyl/N-ethyl adjacent to an activating group) is 1. The highest BCUT2D eigenvalue weighted by molar-refractivity contribution is 6.01. The maximum absolute atomic E-state index is 14.1. The zero-order valence-electron chi connectivity index (χ0n) is 20.3. The van der Waals surface area contributed by atoms with Crippen LogP contribution in [-0.2, 0) is 0 Å². The van der Waals surface area contributed by atoms with Crippen molar-refractivity contribution >= 4 is 28.1 Å². The Morgan fingerprint density at radius 2 is 1.80 bits per heavy atom. The van der Waals surface area contributed by atoms with Gasteiger partial charge in [0.1, 0.15) is 5.82 Å². The van der Waals surface area contributed by atoms with Crippen LogP contribution in [-0.4, -0.2) is 81.7 Å². The number of fused-ring (bicyclic) bond motifs is 2. The van der Waals surface area contributed by atoms with Crippen LogP contribution in [0.25, 0.3) is 27.7 Å². The molecule has 4 aromatic rings. The van der Waals surface area contributed by atoms with Gasteiger partial charge in [0.2, 0.25) is 0 Å². The molecule has 5 heterocycles. The number of aromatic nitrogens is 4. The van der Waals surface area contributed by atoms with Crippen molar-refractivity contribution < 1.29 is 4.39 Å². The van der Waals surface area contributed by atoms with Crippen molar-refractivity contribution in [3.05, 3.63) is 48.2 Å². The summed E-state index contributed by atoms with van der Waals surface area (Å²) in [5.74, 6) is 0.132. The number of piperidine rings is 1. The van der Waals surface area contributed by atoms with Gasteiger partial charge in [-0.15, -0.1) is 5.10 Å². The Bertz CT molecular complexity index is 1380. The first kappa shape index (κ1) is 22.2. The van der Waals surface area contributed by atoms with Gasteiger partial charge in [-0.1, -0.05) is 0 Å². The van der Waals surface area contributed by atoms with E-state index < -0.39 is 0 Å². The summed E-state index contributed by atoms with van der Waals surface area (Å²) < 4.78 is 15.9. The second-order valence-electron chi connectivity index (χ2n) is 9.88. The van der Waals surface area contributed by atoms with E-state index in [2.05, 4.69) is 31.8 Å². The minimum atomic E-state index is -0.269. The summed E-state index contributed by atoms with van der Waals surface area (Å²) in [5, 5.41) is 5.42. The quantitative estimate of drug-likeness (QED) is 0.489. The number of nitrogen functional groups attached to an aromatic ring is 1. The molecule has 0 atom stereocenters. The topological polar surface area (TPSA) is 78.8 Å². The Kier molecular flexibility index (Phi) is 5.53. The van der Waals surface area contributed by atoms with Crippen molar-refractivity contribution in [1.82, 2.24) is 29.4 Å². The molecule has 9 heteroatoms. The van der Waals surface area contributed by atoms with Crippen molar-refractivity contribution in [3.63, 3.8) is 0 Å². The average Bonchev–Trinajstić information content (AvgIpc) is 3.20. The molecule has 0 radical (unpaired) electrons. The summed E-state index contributed by atoms with van der Waals surface area (Å²) in [6, 6.07) is 5.84. The van der Waals surface area contributed by atoms with E-state index in [9.17, 15) is 4.39 Å². The van der Waals surface area contributed by atoms with E-state index in [1.165, 1.54) is 19.2 Å². The molecule has 2 aliphatic rings. The summed E-state index contributed by atoms with van der Waals surface area (Å²) in [6.45, 7) is 8.42. The molecule has 0 unspecified atom stereocenters. The lowest BCUT2D eigenvalue weighted by molar-refractivity contribution is 0.0982. The van der Waals surface area contributed by atoms with Gasteiger partial charge in [-0.2, -0.15) is 0 Å². The molecule has 2 fully saturated rings. The summed E-state index contributed by atoms with van der Waals surface area (Å²) in [5.41, 5.74) is 10.9. The molecule has 0 aliphatic carbocycles. The van der Waals surface area contributed by atoms with E-state index in [1.54, 1.807) is 17.6 Å². The Morgan fingerprint density at radius 3 is 2.57 bits per heavy atom. The molecule has 2 saturated heterocycles. The number of pyridine rings is 1. The molecule has 6 rings (SSSR count). The first-order valence-corrected chi connectivity index (χ1v) is 12.3. The summed E-state index contributed by atoms with van der Waals surface area (Å²) in [7, 11) is 2.20.